The second-order valence-electron chi connectivity index (χ2n) is 6.01. The molecule has 2 amide bonds. The van der Waals surface area contributed by atoms with Gasteiger partial charge in [-0.05, 0) is 37.1 Å². The van der Waals surface area contributed by atoms with Crippen molar-refractivity contribution >= 4 is 34.9 Å². The molecule has 0 unspecified atom stereocenters. The number of rotatable bonds is 5. The molecule has 1 aromatic heterocycles. The first-order valence-electron chi connectivity index (χ1n) is 8.15. The maximum absolute atomic E-state index is 12.8. The number of aromatic nitrogens is 1. The minimum atomic E-state index is -0.905. The summed E-state index contributed by atoms with van der Waals surface area (Å²) in [6, 6.07) is 6.97. The van der Waals surface area contributed by atoms with E-state index in [0.29, 0.717) is 11.3 Å². The van der Waals surface area contributed by atoms with E-state index in [-0.39, 0.29) is 28.5 Å². The molecular weight excluding hydrogens is 380 g/mol. The van der Waals surface area contributed by atoms with Gasteiger partial charge in [-0.15, -0.1) is 6.42 Å². The van der Waals surface area contributed by atoms with E-state index in [1.165, 1.54) is 18.5 Å². The summed E-state index contributed by atoms with van der Waals surface area (Å²) in [5.74, 6) is -0.115. The molecule has 1 heterocycles. The number of amides is 2. The SMILES string of the molecule is C#CCNC(=O)C(=O)c1c(C)c(C(=O)Nc2ccc(C)c(C#N)c2)n(C)c1Cl. The molecular formula is C20H17ClN4O3. The molecule has 142 valence electrons. The largest absolute Gasteiger partial charge is 0.338 e. The minimum Gasteiger partial charge on any atom is -0.338 e. The van der Waals surface area contributed by atoms with Crippen molar-refractivity contribution in [3.63, 3.8) is 0 Å². The lowest BCUT2D eigenvalue weighted by Gasteiger charge is -2.09. The van der Waals surface area contributed by atoms with Crippen LogP contribution in [0.15, 0.2) is 18.2 Å². The summed E-state index contributed by atoms with van der Waals surface area (Å²) in [5, 5.41) is 14.0. The first kappa shape index (κ1) is 20.8. The Hall–Kier alpha value is -3.55. The predicted molar refractivity (Wildman–Crippen MR) is 105 cm³/mol. The topological polar surface area (TPSA) is 104 Å². The second kappa shape index (κ2) is 8.43. The van der Waals surface area contributed by atoms with Gasteiger partial charge < -0.3 is 15.2 Å². The Balaban J connectivity index is 2.38. The Morgan fingerprint density at radius 2 is 1.96 bits per heavy atom. The van der Waals surface area contributed by atoms with Gasteiger partial charge in [0.05, 0.1) is 23.7 Å². The third-order valence-electron chi connectivity index (χ3n) is 4.18. The number of anilines is 1. The van der Waals surface area contributed by atoms with Gasteiger partial charge >= 0.3 is 0 Å². The minimum absolute atomic E-state index is 0.0369. The molecule has 2 N–H and O–H groups in total. The summed E-state index contributed by atoms with van der Waals surface area (Å²) >= 11 is 6.21. The molecule has 0 saturated carbocycles. The highest BCUT2D eigenvalue weighted by Gasteiger charge is 2.29. The summed E-state index contributed by atoms with van der Waals surface area (Å²) in [7, 11) is 1.51. The van der Waals surface area contributed by atoms with Gasteiger partial charge in [0.15, 0.2) is 0 Å². The number of aryl methyl sites for hydroxylation is 1. The van der Waals surface area contributed by atoms with Crippen LogP contribution in [-0.4, -0.2) is 28.7 Å². The number of carbonyl (C=O) groups excluding carboxylic acids is 3. The first-order valence-corrected chi connectivity index (χ1v) is 8.53. The summed E-state index contributed by atoms with van der Waals surface area (Å²) in [4.78, 5) is 37.1. The van der Waals surface area contributed by atoms with Gasteiger partial charge in [-0.3, -0.25) is 14.4 Å². The van der Waals surface area contributed by atoms with Crippen molar-refractivity contribution in [1.82, 2.24) is 9.88 Å². The normalized spacial score (nSPS) is 9.93. The highest BCUT2D eigenvalue weighted by atomic mass is 35.5. The molecule has 7 nitrogen and oxygen atoms in total. The zero-order valence-corrected chi connectivity index (χ0v) is 16.3. The zero-order chi connectivity index (χ0) is 21.0. The van der Waals surface area contributed by atoms with Gasteiger partial charge in [-0.2, -0.15) is 5.26 Å². The van der Waals surface area contributed by atoms with Crippen LogP contribution < -0.4 is 10.6 Å². The van der Waals surface area contributed by atoms with E-state index < -0.39 is 17.6 Å². The Bertz CT molecular complexity index is 1070. The number of nitrogens with one attached hydrogen (secondary N) is 2. The Kier molecular flexibility index (Phi) is 6.25. The second-order valence-corrected chi connectivity index (χ2v) is 6.37. The lowest BCUT2D eigenvalue weighted by molar-refractivity contribution is -0.116. The van der Waals surface area contributed by atoms with Gasteiger partial charge in [-0.25, -0.2) is 0 Å². The Morgan fingerprint density at radius 3 is 2.57 bits per heavy atom. The van der Waals surface area contributed by atoms with E-state index in [1.54, 1.807) is 25.1 Å². The zero-order valence-electron chi connectivity index (χ0n) is 15.5. The third kappa shape index (κ3) is 3.90. The van der Waals surface area contributed by atoms with Crippen LogP contribution in [0.5, 0.6) is 0 Å². The van der Waals surface area contributed by atoms with Gasteiger partial charge in [0.1, 0.15) is 10.8 Å². The fraction of sp³-hybridized carbons (Fsp3) is 0.200. The van der Waals surface area contributed by atoms with Crippen LogP contribution >= 0.6 is 11.6 Å². The molecule has 0 atom stereocenters. The smallest absolute Gasteiger partial charge is 0.293 e. The van der Waals surface area contributed by atoms with Crippen LogP contribution in [0.2, 0.25) is 5.15 Å². The average molecular weight is 397 g/mol. The third-order valence-corrected chi connectivity index (χ3v) is 4.62. The monoisotopic (exact) mass is 396 g/mol. The molecule has 0 radical (unpaired) electrons. The van der Waals surface area contributed by atoms with Crippen molar-refractivity contribution in [3.05, 3.63) is 51.3 Å². The molecule has 1 aromatic carbocycles. The fourth-order valence-corrected chi connectivity index (χ4v) is 3.02. The van der Waals surface area contributed by atoms with Gasteiger partial charge in [0, 0.05) is 12.7 Å². The number of hydrogen-bond donors (Lipinski definition) is 2. The summed E-state index contributed by atoms with van der Waals surface area (Å²) < 4.78 is 1.33. The van der Waals surface area contributed by atoms with Crippen molar-refractivity contribution < 1.29 is 14.4 Å². The number of terminal acetylenes is 1. The highest BCUT2D eigenvalue weighted by molar-refractivity contribution is 6.47. The summed E-state index contributed by atoms with van der Waals surface area (Å²) in [5.41, 5.74) is 1.95. The fourth-order valence-electron chi connectivity index (χ4n) is 2.71. The molecule has 28 heavy (non-hydrogen) atoms. The Morgan fingerprint density at radius 1 is 1.29 bits per heavy atom. The standard InChI is InChI=1S/C20H17ClN4O3/c1-5-8-23-20(28)17(26)15-12(3)16(25(4)18(15)21)19(27)24-14-7-6-11(2)13(9-14)10-22/h1,6-7,9H,8H2,2-4H3,(H,23,28)(H,24,27). The number of Topliss-reactive ketones (excluding diaryl/α,β-unsaturated/α-hetero) is 1. The lowest BCUT2D eigenvalue weighted by atomic mass is 10.1. The molecule has 0 bridgehead atoms. The number of ketones is 1. The van der Waals surface area contributed by atoms with Gasteiger partial charge in [-0.1, -0.05) is 23.6 Å². The summed E-state index contributed by atoms with van der Waals surface area (Å²) in [6.07, 6.45) is 5.07. The van der Waals surface area contributed by atoms with Crippen molar-refractivity contribution in [2.45, 2.75) is 13.8 Å². The molecule has 0 spiro atoms. The van der Waals surface area contributed by atoms with E-state index >= 15 is 0 Å². The molecule has 8 heteroatoms. The van der Waals surface area contributed by atoms with E-state index in [2.05, 4.69) is 16.6 Å². The number of halogens is 1. The molecule has 0 aliphatic carbocycles. The average Bonchev–Trinajstić information content (AvgIpc) is 2.89. The van der Waals surface area contributed by atoms with Crippen LogP contribution in [0.3, 0.4) is 0 Å². The van der Waals surface area contributed by atoms with E-state index in [0.717, 1.165) is 5.56 Å². The molecule has 0 fully saturated rings. The quantitative estimate of drug-likeness (QED) is 0.460. The van der Waals surface area contributed by atoms with Crippen LogP contribution in [0.25, 0.3) is 0 Å². The maximum atomic E-state index is 12.8. The highest BCUT2D eigenvalue weighted by Crippen LogP contribution is 2.27. The first-order chi connectivity index (χ1) is 13.2. The van der Waals surface area contributed by atoms with Crippen LogP contribution in [0, 0.1) is 37.5 Å². The Labute approximate surface area is 167 Å². The summed E-state index contributed by atoms with van der Waals surface area (Å²) in [6.45, 7) is 3.21. The molecule has 0 saturated heterocycles. The van der Waals surface area contributed by atoms with Gasteiger partial charge in [0.2, 0.25) is 0 Å². The van der Waals surface area contributed by atoms with Crippen LogP contribution in [-0.2, 0) is 11.8 Å². The van der Waals surface area contributed by atoms with Crippen molar-refractivity contribution in [2.24, 2.45) is 7.05 Å². The van der Waals surface area contributed by atoms with Gasteiger partial charge in [0.25, 0.3) is 17.6 Å². The molecule has 0 aliphatic rings. The number of nitrogens with zero attached hydrogens (tertiary/aromatic N) is 2. The number of nitriles is 1. The lowest BCUT2D eigenvalue weighted by Crippen LogP contribution is -2.31. The maximum Gasteiger partial charge on any atom is 0.293 e. The van der Waals surface area contributed by atoms with Crippen LogP contribution in [0.1, 0.15) is 37.5 Å². The predicted octanol–water partition coefficient (Wildman–Crippen LogP) is 2.35. The number of benzene rings is 1. The number of hydrogen-bond acceptors (Lipinski definition) is 4. The van der Waals surface area contributed by atoms with Crippen molar-refractivity contribution in [2.75, 3.05) is 11.9 Å². The van der Waals surface area contributed by atoms with Crippen molar-refractivity contribution in [1.29, 1.82) is 5.26 Å². The van der Waals surface area contributed by atoms with E-state index in [9.17, 15) is 14.4 Å². The van der Waals surface area contributed by atoms with Crippen molar-refractivity contribution in [3.8, 4) is 18.4 Å². The molecule has 2 rings (SSSR count). The van der Waals surface area contributed by atoms with E-state index in [4.69, 9.17) is 23.3 Å². The number of carbonyl (C=O) groups is 3. The molecule has 2 aromatic rings. The van der Waals surface area contributed by atoms with E-state index in [1.807, 2.05) is 6.07 Å². The molecule has 0 aliphatic heterocycles. The van der Waals surface area contributed by atoms with Crippen LogP contribution in [0.4, 0.5) is 5.69 Å².